The highest BCUT2D eigenvalue weighted by atomic mass is 16.5. The fraction of sp³-hybridized carbons (Fsp3) is 1.00. The molecule has 1 aliphatic heterocycles. The van der Waals surface area contributed by atoms with Gasteiger partial charge in [0.1, 0.15) is 0 Å². The Bertz CT molecular complexity index is 184. The standard InChI is InChI=1S/C13H25NO2/c1-2-11-3-5-12(6-4-11)16-10-13-9-14-7-8-15-13/h11-14H,2-10H2,1H3. The highest BCUT2D eigenvalue weighted by Gasteiger charge is 2.22. The Morgan fingerprint density at radius 3 is 2.69 bits per heavy atom. The molecule has 3 heteroatoms. The first-order valence-electron chi connectivity index (χ1n) is 6.82. The number of ether oxygens (including phenoxy) is 2. The van der Waals surface area contributed by atoms with Gasteiger partial charge in [-0.2, -0.15) is 0 Å². The van der Waals surface area contributed by atoms with Gasteiger partial charge < -0.3 is 14.8 Å². The van der Waals surface area contributed by atoms with Crippen molar-refractivity contribution >= 4 is 0 Å². The van der Waals surface area contributed by atoms with E-state index in [0.717, 1.165) is 32.2 Å². The van der Waals surface area contributed by atoms with E-state index >= 15 is 0 Å². The molecule has 2 aliphatic rings. The third-order valence-electron chi connectivity index (χ3n) is 3.89. The largest absolute Gasteiger partial charge is 0.375 e. The van der Waals surface area contributed by atoms with E-state index in [2.05, 4.69) is 12.2 Å². The second kappa shape index (κ2) is 6.58. The lowest BCUT2D eigenvalue weighted by Crippen LogP contribution is -2.41. The number of hydrogen-bond acceptors (Lipinski definition) is 3. The molecule has 16 heavy (non-hydrogen) atoms. The van der Waals surface area contributed by atoms with Crippen LogP contribution in [0.15, 0.2) is 0 Å². The van der Waals surface area contributed by atoms with Crippen LogP contribution in [0.3, 0.4) is 0 Å². The molecule has 0 bridgehead atoms. The van der Waals surface area contributed by atoms with Gasteiger partial charge in [-0.1, -0.05) is 13.3 Å². The Morgan fingerprint density at radius 1 is 1.25 bits per heavy atom. The summed E-state index contributed by atoms with van der Waals surface area (Å²) in [5.41, 5.74) is 0. The first kappa shape index (κ1) is 12.3. The quantitative estimate of drug-likeness (QED) is 0.796. The minimum atomic E-state index is 0.276. The molecule has 0 aromatic carbocycles. The fourth-order valence-corrected chi connectivity index (χ4v) is 2.68. The van der Waals surface area contributed by atoms with E-state index in [4.69, 9.17) is 9.47 Å². The molecular weight excluding hydrogens is 202 g/mol. The lowest BCUT2D eigenvalue weighted by Gasteiger charge is -2.30. The summed E-state index contributed by atoms with van der Waals surface area (Å²) < 4.78 is 11.6. The van der Waals surface area contributed by atoms with Gasteiger partial charge in [0.05, 0.1) is 25.4 Å². The summed E-state index contributed by atoms with van der Waals surface area (Å²) in [6.07, 6.45) is 7.31. The van der Waals surface area contributed by atoms with Crippen LogP contribution in [-0.4, -0.2) is 38.5 Å². The van der Waals surface area contributed by atoms with Crippen molar-refractivity contribution in [3.05, 3.63) is 0 Å². The summed E-state index contributed by atoms with van der Waals surface area (Å²) >= 11 is 0. The van der Waals surface area contributed by atoms with Crippen molar-refractivity contribution in [3.63, 3.8) is 0 Å². The van der Waals surface area contributed by atoms with Crippen molar-refractivity contribution in [1.82, 2.24) is 5.32 Å². The van der Waals surface area contributed by atoms with Gasteiger partial charge in [-0.3, -0.25) is 0 Å². The molecule has 0 spiro atoms. The number of rotatable bonds is 4. The van der Waals surface area contributed by atoms with Gasteiger partial charge >= 0.3 is 0 Å². The van der Waals surface area contributed by atoms with Crippen LogP contribution in [0.2, 0.25) is 0 Å². The summed E-state index contributed by atoms with van der Waals surface area (Å²) in [4.78, 5) is 0. The molecule has 2 fully saturated rings. The topological polar surface area (TPSA) is 30.5 Å². The maximum Gasteiger partial charge on any atom is 0.0933 e. The second-order valence-electron chi connectivity index (χ2n) is 5.08. The van der Waals surface area contributed by atoms with E-state index in [0.29, 0.717) is 6.10 Å². The van der Waals surface area contributed by atoms with Crippen molar-refractivity contribution in [2.45, 2.75) is 51.2 Å². The molecule has 0 aromatic heterocycles. The third-order valence-corrected chi connectivity index (χ3v) is 3.89. The number of hydrogen-bond donors (Lipinski definition) is 1. The maximum atomic E-state index is 5.95. The van der Waals surface area contributed by atoms with Crippen LogP contribution >= 0.6 is 0 Å². The molecule has 3 nitrogen and oxygen atoms in total. The van der Waals surface area contributed by atoms with Crippen molar-refractivity contribution < 1.29 is 9.47 Å². The lowest BCUT2D eigenvalue weighted by molar-refractivity contribution is -0.0661. The van der Waals surface area contributed by atoms with Crippen LogP contribution in [0, 0.1) is 5.92 Å². The van der Waals surface area contributed by atoms with Gasteiger partial charge in [0.2, 0.25) is 0 Å². The molecule has 1 N–H and O–H groups in total. The minimum absolute atomic E-state index is 0.276. The molecule has 94 valence electrons. The van der Waals surface area contributed by atoms with Gasteiger partial charge in [0, 0.05) is 13.1 Å². The van der Waals surface area contributed by atoms with E-state index < -0.39 is 0 Å². The van der Waals surface area contributed by atoms with Gasteiger partial charge in [-0.05, 0) is 31.6 Å². The number of nitrogens with one attached hydrogen (secondary N) is 1. The van der Waals surface area contributed by atoms with E-state index in [1.807, 2.05) is 0 Å². The van der Waals surface area contributed by atoms with Crippen LogP contribution in [0.4, 0.5) is 0 Å². The van der Waals surface area contributed by atoms with Crippen LogP contribution < -0.4 is 5.32 Å². The van der Waals surface area contributed by atoms with E-state index in [-0.39, 0.29) is 6.10 Å². The zero-order valence-corrected chi connectivity index (χ0v) is 10.4. The molecule has 1 saturated carbocycles. The third kappa shape index (κ3) is 3.72. The molecule has 0 amide bonds. The second-order valence-corrected chi connectivity index (χ2v) is 5.08. The van der Waals surface area contributed by atoms with Crippen LogP contribution in [0.5, 0.6) is 0 Å². The molecule has 0 radical (unpaired) electrons. The summed E-state index contributed by atoms with van der Waals surface area (Å²) in [6, 6.07) is 0. The van der Waals surface area contributed by atoms with Gasteiger partial charge in [-0.15, -0.1) is 0 Å². The van der Waals surface area contributed by atoms with Crippen LogP contribution in [0.25, 0.3) is 0 Å². The van der Waals surface area contributed by atoms with E-state index in [1.165, 1.54) is 32.1 Å². The van der Waals surface area contributed by atoms with Crippen molar-refractivity contribution in [1.29, 1.82) is 0 Å². The van der Waals surface area contributed by atoms with Crippen molar-refractivity contribution in [2.75, 3.05) is 26.3 Å². The first-order chi connectivity index (χ1) is 7.88. The molecule has 1 saturated heterocycles. The fourth-order valence-electron chi connectivity index (χ4n) is 2.68. The van der Waals surface area contributed by atoms with Crippen LogP contribution in [-0.2, 0) is 9.47 Å². The van der Waals surface area contributed by atoms with Gasteiger partial charge in [0.15, 0.2) is 0 Å². The Morgan fingerprint density at radius 2 is 2.06 bits per heavy atom. The highest BCUT2D eigenvalue weighted by molar-refractivity contribution is 4.73. The summed E-state index contributed by atoms with van der Waals surface area (Å²) in [6.45, 7) is 5.83. The first-order valence-corrected chi connectivity index (χ1v) is 6.82. The van der Waals surface area contributed by atoms with Gasteiger partial charge in [-0.25, -0.2) is 0 Å². The molecule has 2 rings (SSSR count). The zero-order valence-electron chi connectivity index (χ0n) is 10.4. The molecule has 1 unspecified atom stereocenters. The molecule has 1 aliphatic carbocycles. The Hall–Kier alpha value is -0.120. The smallest absolute Gasteiger partial charge is 0.0933 e. The van der Waals surface area contributed by atoms with Crippen molar-refractivity contribution in [2.24, 2.45) is 5.92 Å². The monoisotopic (exact) mass is 227 g/mol. The Balaban J connectivity index is 1.59. The summed E-state index contributed by atoms with van der Waals surface area (Å²) in [5, 5.41) is 3.33. The average Bonchev–Trinajstić information content (AvgIpc) is 2.38. The SMILES string of the molecule is CCC1CCC(OCC2CNCCO2)CC1. The lowest BCUT2D eigenvalue weighted by atomic mass is 9.86. The predicted molar refractivity (Wildman–Crippen MR) is 64.6 cm³/mol. The summed E-state index contributed by atoms with van der Waals surface area (Å²) in [7, 11) is 0. The predicted octanol–water partition coefficient (Wildman–Crippen LogP) is 1.96. The number of morpholine rings is 1. The molecular formula is C13H25NO2. The average molecular weight is 227 g/mol. The highest BCUT2D eigenvalue weighted by Crippen LogP contribution is 2.28. The Kier molecular flexibility index (Phi) is 5.07. The maximum absolute atomic E-state index is 5.95. The van der Waals surface area contributed by atoms with Crippen molar-refractivity contribution in [3.8, 4) is 0 Å². The molecule has 1 heterocycles. The van der Waals surface area contributed by atoms with E-state index in [9.17, 15) is 0 Å². The molecule has 1 atom stereocenters. The minimum Gasteiger partial charge on any atom is -0.375 e. The normalized spacial score (nSPS) is 36.2. The van der Waals surface area contributed by atoms with Gasteiger partial charge in [0.25, 0.3) is 0 Å². The Labute approximate surface area is 98.9 Å². The molecule has 0 aromatic rings. The van der Waals surface area contributed by atoms with E-state index in [1.54, 1.807) is 0 Å². The zero-order chi connectivity index (χ0) is 11.2. The van der Waals surface area contributed by atoms with Crippen LogP contribution in [0.1, 0.15) is 39.0 Å². The summed E-state index contributed by atoms with van der Waals surface area (Å²) in [5.74, 6) is 0.951.